The molecule has 37 heavy (non-hydrogen) atoms. The highest BCUT2D eigenvalue weighted by Crippen LogP contribution is 2.44. The Morgan fingerprint density at radius 2 is 1.68 bits per heavy atom. The quantitative estimate of drug-likeness (QED) is 0.405. The largest absolute Gasteiger partial charge is 0.420 e. The van der Waals surface area contributed by atoms with Crippen LogP contribution in [-0.2, 0) is 17.1 Å². The normalized spacial score (nSPS) is 15.7. The molecule has 1 aliphatic rings. The van der Waals surface area contributed by atoms with Gasteiger partial charge in [-0.1, -0.05) is 0 Å². The Hall–Kier alpha value is -4.30. The molecule has 3 aromatic rings. The molecule has 1 saturated heterocycles. The highest BCUT2D eigenvalue weighted by molar-refractivity contribution is 5.89. The van der Waals surface area contributed by atoms with E-state index in [1.807, 2.05) is 0 Å². The molecule has 1 unspecified atom stereocenters. The lowest BCUT2D eigenvalue weighted by atomic mass is 10.1. The number of amides is 2. The topological polar surface area (TPSA) is 85.6 Å². The number of halogens is 7. The van der Waals surface area contributed by atoms with E-state index in [-0.39, 0.29) is 24.4 Å². The van der Waals surface area contributed by atoms with Gasteiger partial charge in [0.05, 0.1) is 11.3 Å². The van der Waals surface area contributed by atoms with Crippen LogP contribution in [0, 0.1) is 5.82 Å². The Bertz CT molecular complexity index is 1420. The van der Waals surface area contributed by atoms with E-state index in [9.17, 15) is 45.1 Å². The first kappa shape index (κ1) is 25.8. The number of benzene rings is 2. The van der Waals surface area contributed by atoms with Crippen molar-refractivity contribution in [3.8, 4) is 11.4 Å². The van der Waals surface area contributed by atoms with E-state index in [0.29, 0.717) is 9.47 Å². The molecule has 1 fully saturated rings. The molecule has 1 aromatic heterocycles. The van der Waals surface area contributed by atoms with Crippen molar-refractivity contribution in [1.29, 1.82) is 0 Å². The smallest absolute Gasteiger partial charge is 0.407 e. The van der Waals surface area contributed by atoms with Crippen LogP contribution >= 0.6 is 0 Å². The van der Waals surface area contributed by atoms with E-state index in [4.69, 9.17) is 4.74 Å². The second-order valence-electron chi connectivity index (χ2n) is 7.89. The highest BCUT2D eigenvalue weighted by Gasteiger charge is 2.42. The zero-order valence-electron chi connectivity index (χ0n) is 18.5. The van der Waals surface area contributed by atoms with Gasteiger partial charge in [-0.2, -0.15) is 26.3 Å². The van der Waals surface area contributed by atoms with Crippen LogP contribution in [0.5, 0.6) is 5.75 Å². The van der Waals surface area contributed by atoms with Gasteiger partial charge in [0.25, 0.3) is 0 Å². The summed E-state index contributed by atoms with van der Waals surface area (Å²) in [5.74, 6) is -2.62. The maximum Gasteiger partial charge on any atom is 0.420 e. The average Bonchev–Trinajstić information content (AvgIpc) is 3.17. The molecule has 1 aliphatic heterocycles. The van der Waals surface area contributed by atoms with Crippen molar-refractivity contribution in [3.63, 3.8) is 0 Å². The van der Waals surface area contributed by atoms with Gasteiger partial charge in [-0.05, 0) is 36.4 Å². The van der Waals surface area contributed by atoms with Crippen LogP contribution in [0.25, 0.3) is 5.69 Å². The summed E-state index contributed by atoms with van der Waals surface area (Å²) >= 11 is 0. The Balaban J connectivity index is 1.88. The van der Waals surface area contributed by atoms with Gasteiger partial charge in [-0.25, -0.2) is 14.0 Å². The van der Waals surface area contributed by atoms with Crippen LogP contribution in [0.15, 0.2) is 53.6 Å². The Morgan fingerprint density at radius 3 is 2.19 bits per heavy atom. The third kappa shape index (κ3) is 4.88. The Morgan fingerprint density at radius 1 is 1.03 bits per heavy atom. The van der Waals surface area contributed by atoms with Crippen LogP contribution in [0.1, 0.15) is 17.2 Å². The number of nitrogens with zero attached hydrogens (tertiary/aromatic N) is 3. The number of rotatable bonds is 4. The fourth-order valence-corrected chi connectivity index (χ4v) is 3.51. The third-order valence-corrected chi connectivity index (χ3v) is 5.55. The van der Waals surface area contributed by atoms with Crippen LogP contribution in [0.4, 0.5) is 41.2 Å². The maximum absolute atomic E-state index is 13.9. The molecule has 196 valence electrons. The van der Waals surface area contributed by atoms with E-state index in [2.05, 4.69) is 5.32 Å². The predicted molar refractivity (Wildman–Crippen MR) is 113 cm³/mol. The van der Waals surface area contributed by atoms with Gasteiger partial charge >= 0.3 is 24.1 Å². The third-order valence-electron chi connectivity index (χ3n) is 5.55. The van der Waals surface area contributed by atoms with Crippen LogP contribution in [-0.4, -0.2) is 34.7 Å². The molecule has 4 rings (SSSR count). The first-order chi connectivity index (χ1) is 17.2. The maximum atomic E-state index is 13.9. The Labute approximate surface area is 202 Å². The van der Waals surface area contributed by atoms with Crippen molar-refractivity contribution >= 4 is 17.7 Å². The lowest BCUT2D eigenvalue weighted by Crippen LogP contribution is -2.52. The summed E-state index contributed by atoms with van der Waals surface area (Å²) in [6, 6.07) is 3.11. The molecule has 0 radical (unpaired) electrons. The van der Waals surface area contributed by atoms with Gasteiger partial charge in [0.2, 0.25) is 5.91 Å². The number of carbonyl (C=O) groups excluding carboxylic acids is 2. The molecule has 2 amide bonds. The molecule has 2 heterocycles. The highest BCUT2D eigenvalue weighted by atomic mass is 19.4. The molecule has 0 aliphatic carbocycles. The van der Waals surface area contributed by atoms with Crippen molar-refractivity contribution in [2.75, 3.05) is 18.5 Å². The number of nitrogens with one attached hydrogen (secondary N) is 1. The number of aromatic nitrogens is 2. The number of alkyl halides is 6. The van der Waals surface area contributed by atoms with E-state index in [0.717, 1.165) is 48.3 Å². The molecule has 8 nitrogen and oxygen atoms in total. The van der Waals surface area contributed by atoms with Gasteiger partial charge in [0, 0.05) is 31.7 Å². The summed E-state index contributed by atoms with van der Waals surface area (Å²) in [6.07, 6.45) is -10.3. The molecule has 1 N–H and O–H groups in total. The summed E-state index contributed by atoms with van der Waals surface area (Å²) in [5, 5.41) is 2.36. The van der Waals surface area contributed by atoms with Crippen molar-refractivity contribution in [1.82, 2.24) is 14.5 Å². The van der Waals surface area contributed by atoms with Gasteiger partial charge in [0.1, 0.15) is 17.4 Å². The molecule has 0 saturated carbocycles. The van der Waals surface area contributed by atoms with Crippen molar-refractivity contribution in [2.45, 2.75) is 18.4 Å². The fourth-order valence-electron chi connectivity index (χ4n) is 3.51. The minimum atomic E-state index is -5.44. The fraction of sp³-hybridized carbons (Fsp3) is 0.227. The molecular formula is C22H15F7N4O4. The van der Waals surface area contributed by atoms with Gasteiger partial charge in [0.15, 0.2) is 5.75 Å². The summed E-state index contributed by atoms with van der Waals surface area (Å²) in [7, 11) is 1.07. The number of imidazole rings is 1. The van der Waals surface area contributed by atoms with Crippen molar-refractivity contribution < 1.29 is 45.1 Å². The molecule has 2 aromatic carbocycles. The molecular weight excluding hydrogens is 517 g/mol. The zero-order valence-corrected chi connectivity index (χ0v) is 18.5. The second kappa shape index (κ2) is 8.97. The number of hydrogen-bond donors (Lipinski definition) is 1. The number of ether oxygens (including phenoxy) is 1. The summed E-state index contributed by atoms with van der Waals surface area (Å²) in [5.41, 5.74) is -5.92. The van der Waals surface area contributed by atoms with Gasteiger partial charge in [-0.3, -0.25) is 18.8 Å². The van der Waals surface area contributed by atoms with Crippen LogP contribution in [0.2, 0.25) is 0 Å². The minimum Gasteiger partial charge on any atom is -0.407 e. The molecule has 1 atom stereocenters. The first-order valence-electron chi connectivity index (χ1n) is 10.3. The monoisotopic (exact) mass is 532 g/mol. The first-order valence-corrected chi connectivity index (χ1v) is 10.3. The molecule has 15 heteroatoms. The van der Waals surface area contributed by atoms with E-state index >= 15 is 0 Å². The van der Waals surface area contributed by atoms with Crippen LogP contribution < -0.4 is 20.6 Å². The Kier molecular flexibility index (Phi) is 6.25. The van der Waals surface area contributed by atoms with Crippen molar-refractivity contribution in [2.24, 2.45) is 0 Å². The lowest BCUT2D eigenvalue weighted by Gasteiger charge is -2.26. The number of hydrogen-bond acceptors (Lipinski definition) is 4. The number of carbonyl (C=O) groups is 2. The summed E-state index contributed by atoms with van der Waals surface area (Å²) in [4.78, 5) is 38.0. The average molecular weight is 532 g/mol. The number of anilines is 1. The van der Waals surface area contributed by atoms with E-state index < -0.39 is 64.5 Å². The SMILES string of the molecule is CN(C(=O)Oc1c(-n2ccn(C3CNC3=O)c2=O)cc(C(F)(F)F)cc1C(F)(F)F)c1ccc(F)cc1. The van der Waals surface area contributed by atoms with Crippen molar-refractivity contribution in [3.05, 3.63) is 76.2 Å². The lowest BCUT2D eigenvalue weighted by molar-refractivity contribution is -0.143. The summed E-state index contributed by atoms with van der Waals surface area (Å²) in [6.45, 7) is 0.0173. The molecule has 0 bridgehead atoms. The second-order valence-corrected chi connectivity index (χ2v) is 7.89. The molecule has 0 spiro atoms. The van der Waals surface area contributed by atoms with Crippen LogP contribution in [0.3, 0.4) is 0 Å². The summed E-state index contributed by atoms with van der Waals surface area (Å²) < 4.78 is 102. The zero-order chi connectivity index (χ0) is 27.3. The predicted octanol–water partition coefficient (Wildman–Crippen LogP) is 4.12. The van der Waals surface area contributed by atoms with E-state index in [1.54, 1.807) is 0 Å². The number of β-lactam (4-membered cyclic amide) rings is 1. The minimum absolute atomic E-state index is 0.00673. The van der Waals surface area contributed by atoms with E-state index in [1.165, 1.54) is 0 Å². The van der Waals surface area contributed by atoms with Gasteiger partial charge < -0.3 is 10.1 Å². The standard InChI is InChI=1S/C22H15F7N4O4/c1-31(13-4-2-12(23)3-5-13)20(36)37-17-14(22(27,28)29)8-11(21(24,25)26)9-15(17)32-6-7-33(19(32)35)16-10-30-18(16)34/h2-9,16H,10H2,1H3,(H,30,34). The van der Waals surface area contributed by atoms with Gasteiger partial charge in [-0.15, -0.1) is 0 Å².